The van der Waals surface area contributed by atoms with Gasteiger partial charge in [0.1, 0.15) is 5.82 Å². The normalized spacial score (nSPS) is 14.1. The second-order valence-corrected chi connectivity index (χ2v) is 6.31. The Morgan fingerprint density at radius 2 is 2.11 bits per heavy atom. The minimum absolute atomic E-state index is 0.438. The number of nitrogens with zero attached hydrogens (tertiary/aromatic N) is 3. The van der Waals surface area contributed by atoms with Crippen LogP contribution in [0.15, 0.2) is 5.38 Å². The maximum absolute atomic E-state index is 4.76. The molecule has 0 unspecified atom stereocenters. The number of hydrogen-bond acceptors (Lipinski definition) is 5. The number of aryl methyl sites for hydroxylation is 1. The van der Waals surface area contributed by atoms with Crippen LogP contribution in [0.2, 0.25) is 0 Å². The first-order valence-electron chi connectivity index (χ1n) is 6.63. The van der Waals surface area contributed by atoms with Crippen molar-refractivity contribution in [1.29, 1.82) is 0 Å². The second kappa shape index (κ2) is 4.98. The van der Waals surface area contributed by atoms with E-state index in [0.29, 0.717) is 5.92 Å². The molecule has 0 spiro atoms. The second-order valence-electron chi connectivity index (χ2n) is 5.24. The van der Waals surface area contributed by atoms with Crippen molar-refractivity contribution in [2.75, 3.05) is 0 Å². The van der Waals surface area contributed by atoms with E-state index in [1.54, 1.807) is 11.3 Å². The topological polar surface area (TPSA) is 50.7 Å². The van der Waals surface area contributed by atoms with Gasteiger partial charge in [0.05, 0.1) is 28.5 Å². The lowest BCUT2D eigenvalue weighted by atomic mass is 10.0. The van der Waals surface area contributed by atoms with Crippen molar-refractivity contribution in [2.45, 2.75) is 46.2 Å². The molecule has 2 aromatic heterocycles. The lowest BCUT2D eigenvalue weighted by molar-refractivity contribution is 0.745. The lowest BCUT2D eigenvalue weighted by Crippen LogP contribution is -2.08. The van der Waals surface area contributed by atoms with Gasteiger partial charge in [-0.3, -0.25) is 0 Å². The van der Waals surface area contributed by atoms with Gasteiger partial charge in [-0.05, 0) is 12.8 Å². The summed E-state index contributed by atoms with van der Waals surface area (Å²) in [5, 5.41) is 6.56. The Balaban J connectivity index is 1.96. The SMILES string of the molecule is Cc1nc(Cc2nc3c(c(C(C)C)n2)CNC3)cs1. The van der Waals surface area contributed by atoms with Gasteiger partial charge in [-0.25, -0.2) is 15.0 Å². The van der Waals surface area contributed by atoms with Crippen molar-refractivity contribution in [3.8, 4) is 0 Å². The highest BCUT2D eigenvalue weighted by molar-refractivity contribution is 7.09. The molecule has 0 fully saturated rings. The van der Waals surface area contributed by atoms with Crippen LogP contribution in [0, 0.1) is 6.92 Å². The summed E-state index contributed by atoms with van der Waals surface area (Å²) in [6.07, 6.45) is 0.733. The van der Waals surface area contributed by atoms with Crippen molar-refractivity contribution in [3.63, 3.8) is 0 Å². The molecule has 0 bridgehead atoms. The first kappa shape index (κ1) is 12.7. The molecule has 19 heavy (non-hydrogen) atoms. The van der Waals surface area contributed by atoms with Crippen LogP contribution >= 0.6 is 11.3 Å². The fourth-order valence-electron chi connectivity index (χ4n) is 2.46. The molecule has 2 aromatic rings. The van der Waals surface area contributed by atoms with Crippen LogP contribution in [0.4, 0.5) is 0 Å². The van der Waals surface area contributed by atoms with Crippen LogP contribution in [-0.2, 0) is 19.5 Å². The Hall–Kier alpha value is -1.33. The summed E-state index contributed by atoms with van der Waals surface area (Å²) in [4.78, 5) is 14.0. The molecular weight excluding hydrogens is 256 g/mol. The first-order valence-corrected chi connectivity index (χ1v) is 7.51. The average molecular weight is 274 g/mol. The molecule has 3 heterocycles. The Labute approximate surface area is 117 Å². The summed E-state index contributed by atoms with van der Waals surface area (Å²) in [6, 6.07) is 0. The predicted octanol–water partition coefficient (Wildman–Crippen LogP) is 2.56. The molecule has 0 radical (unpaired) electrons. The first-order chi connectivity index (χ1) is 9.13. The van der Waals surface area contributed by atoms with Crippen molar-refractivity contribution < 1.29 is 0 Å². The molecule has 0 saturated carbocycles. The van der Waals surface area contributed by atoms with Gasteiger partial charge in [-0.15, -0.1) is 11.3 Å². The van der Waals surface area contributed by atoms with E-state index in [0.717, 1.165) is 36.0 Å². The Morgan fingerprint density at radius 3 is 2.79 bits per heavy atom. The molecule has 0 amide bonds. The summed E-state index contributed by atoms with van der Waals surface area (Å²) in [5.41, 5.74) is 4.73. The van der Waals surface area contributed by atoms with Gasteiger partial charge >= 0.3 is 0 Å². The van der Waals surface area contributed by atoms with E-state index in [2.05, 4.69) is 29.5 Å². The van der Waals surface area contributed by atoms with Gasteiger partial charge in [0.15, 0.2) is 0 Å². The van der Waals surface area contributed by atoms with Gasteiger partial charge in [0.25, 0.3) is 0 Å². The number of rotatable bonds is 3. The van der Waals surface area contributed by atoms with Gasteiger partial charge in [0.2, 0.25) is 0 Å². The largest absolute Gasteiger partial charge is 0.307 e. The minimum Gasteiger partial charge on any atom is -0.307 e. The highest BCUT2D eigenvalue weighted by Crippen LogP contribution is 2.24. The molecule has 3 rings (SSSR count). The summed E-state index contributed by atoms with van der Waals surface area (Å²) >= 11 is 1.68. The molecular formula is C14H18N4S. The van der Waals surface area contributed by atoms with E-state index in [4.69, 9.17) is 9.97 Å². The quantitative estimate of drug-likeness (QED) is 0.934. The highest BCUT2D eigenvalue weighted by atomic mass is 32.1. The molecule has 1 aliphatic heterocycles. The summed E-state index contributed by atoms with van der Waals surface area (Å²) in [5.74, 6) is 1.34. The van der Waals surface area contributed by atoms with E-state index < -0.39 is 0 Å². The molecule has 1 N–H and O–H groups in total. The molecule has 0 aromatic carbocycles. The number of hydrogen-bond donors (Lipinski definition) is 1. The minimum atomic E-state index is 0.438. The summed E-state index contributed by atoms with van der Waals surface area (Å²) in [7, 11) is 0. The molecule has 0 atom stereocenters. The average Bonchev–Trinajstić information content (AvgIpc) is 2.97. The third-order valence-electron chi connectivity index (χ3n) is 3.32. The fraction of sp³-hybridized carbons (Fsp3) is 0.500. The van der Waals surface area contributed by atoms with Crippen molar-refractivity contribution >= 4 is 11.3 Å². The summed E-state index contributed by atoms with van der Waals surface area (Å²) < 4.78 is 0. The van der Waals surface area contributed by atoms with Crippen LogP contribution in [0.25, 0.3) is 0 Å². The van der Waals surface area contributed by atoms with Gasteiger partial charge in [0, 0.05) is 24.0 Å². The zero-order chi connectivity index (χ0) is 13.4. The van der Waals surface area contributed by atoms with Crippen LogP contribution in [0.5, 0.6) is 0 Å². The smallest absolute Gasteiger partial charge is 0.134 e. The number of fused-ring (bicyclic) bond motifs is 1. The number of thiazole rings is 1. The van der Waals surface area contributed by atoms with Gasteiger partial charge in [-0.2, -0.15) is 0 Å². The molecule has 1 aliphatic rings. The van der Waals surface area contributed by atoms with E-state index in [1.807, 2.05) is 6.92 Å². The highest BCUT2D eigenvalue weighted by Gasteiger charge is 2.20. The van der Waals surface area contributed by atoms with Crippen LogP contribution in [-0.4, -0.2) is 15.0 Å². The Kier molecular flexibility index (Phi) is 3.33. The monoisotopic (exact) mass is 274 g/mol. The zero-order valence-electron chi connectivity index (χ0n) is 11.5. The van der Waals surface area contributed by atoms with Crippen molar-refractivity contribution in [2.24, 2.45) is 0 Å². The van der Waals surface area contributed by atoms with Gasteiger partial charge in [-0.1, -0.05) is 13.8 Å². The number of nitrogens with one attached hydrogen (secondary N) is 1. The maximum Gasteiger partial charge on any atom is 0.134 e. The van der Waals surface area contributed by atoms with Crippen molar-refractivity contribution in [1.82, 2.24) is 20.3 Å². The van der Waals surface area contributed by atoms with E-state index in [-0.39, 0.29) is 0 Å². The van der Waals surface area contributed by atoms with E-state index in [9.17, 15) is 0 Å². The van der Waals surface area contributed by atoms with Crippen LogP contribution in [0.1, 0.15) is 53.2 Å². The number of aromatic nitrogens is 3. The third-order valence-corrected chi connectivity index (χ3v) is 4.14. The fourth-order valence-corrected chi connectivity index (χ4v) is 3.07. The van der Waals surface area contributed by atoms with Crippen LogP contribution < -0.4 is 5.32 Å². The maximum atomic E-state index is 4.76. The predicted molar refractivity (Wildman–Crippen MR) is 76.3 cm³/mol. The lowest BCUT2D eigenvalue weighted by Gasteiger charge is -2.11. The van der Waals surface area contributed by atoms with Crippen LogP contribution in [0.3, 0.4) is 0 Å². The molecule has 5 heteroatoms. The van der Waals surface area contributed by atoms with E-state index >= 15 is 0 Å². The zero-order valence-corrected chi connectivity index (χ0v) is 12.3. The standard InChI is InChI=1S/C14H18N4S/c1-8(2)14-11-5-15-6-12(11)17-13(18-14)4-10-7-19-9(3)16-10/h7-8,15H,4-6H2,1-3H3. The molecule has 0 aliphatic carbocycles. The Morgan fingerprint density at radius 1 is 1.26 bits per heavy atom. The molecule has 100 valence electrons. The molecule has 0 saturated heterocycles. The van der Waals surface area contributed by atoms with Gasteiger partial charge < -0.3 is 5.32 Å². The molecule has 4 nitrogen and oxygen atoms in total. The van der Waals surface area contributed by atoms with Crippen molar-refractivity contribution in [3.05, 3.63) is 38.9 Å². The Bertz CT molecular complexity index is 603. The summed E-state index contributed by atoms with van der Waals surface area (Å²) in [6.45, 7) is 8.18. The third kappa shape index (κ3) is 2.53. The van der Waals surface area contributed by atoms with E-state index in [1.165, 1.54) is 17.0 Å².